The van der Waals surface area contributed by atoms with Gasteiger partial charge in [0.05, 0.1) is 6.20 Å². The molecular weight excluding hydrogens is 280 g/mol. The Labute approximate surface area is 129 Å². The maximum atomic E-state index is 12.2. The Hall–Kier alpha value is -2.57. The Morgan fingerprint density at radius 1 is 1.27 bits per heavy atom. The summed E-state index contributed by atoms with van der Waals surface area (Å²) in [5.74, 6) is 0.970. The zero-order chi connectivity index (χ0) is 15.4. The molecule has 0 saturated carbocycles. The molecule has 0 unspecified atom stereocenters. The molecule has 1 aliphatic heterocycles. The second kappa shape index (κ2) is 6.46. The van der Waals surface area contributed by atoms with Crippen molar-refractivity contribution in [3.8, 4) is 0 Å². The average molecular weight is 300 g/mol. The number of nitrogens with zero attached hydrogens (tertiary/aromatic N) is 5. The van der Waals surface area contributed by atoms with Crippen LogP contribution in [-0.4, -0.2) is 51.9 Å². The van der Waals surface area contributed by atoms with Crippen LogP contribution in [0.25, 0.3) is 0 Å². The first kappa shape index (κ1) is 14.4. The summed E-state index contributed by atoms with van der Waals surface area (Å²) in [5.41, 5.74) is 1.00. The van der Waals surface area contributed by atoms with E-state index >= 15 is 0 Å². The van der Waals surface area contributed by atoms with E-state index in [-0.39, 0.29) is 6.03 Å². The van der Waals surface area contributed by atoms with Crippen LogP contribution in [0.2, 0.25) is 0 Å². The minimum absolute atomic E-state index is 0.0236. The van der Waals surface area contributed by atoms with Gasteiger partial charge >= 0.3 is 6.03 Å². The fourth-order valence-corrected chi connectivity index (χ4v) is 2.53. The molecule has 1 aliphatic rings. The lowest BCUT2D eigenvalue weighted by Gasteiger charge is -2.35. The van der Waals surface area contributed by atoms with Crippen LogP contribution in [0.1, 0.15) is 5.56 Å². The topological polar surface area (TPSA) is 66.3 Å². The van der Waals surface area contributed by atoms with Gasteiger partial charge < -0.3 is 15.1 Å². The monoisotopic (exact) mass is 300 g/mol. The molecule has 0 bridgehead atoms. The third-order valence-corrected chi connectivity index (χ3v) is 3.74. The fourth-order valence-electron chi connectivity index (χ4n) is 2.53. The summed E-state index contributed by atoms with van der Waals surface area (Å²) in [4.78, 5) is 20.6. The van der Waals surface area contributed by atoms with E-state index in [0.29, 0.717) is 19.6 Å². The standard InChI is InChI=1S/C15H20N6O/c1-19-12-13(11-18-19)10-17-15(22)21-8-6-20(7-9-21)14-4-2-3-5-16-14/h2-5,11-12H,6-10H2,1H3,(H,17,22). The molecule has 22 heavy (non-hydrogen) atoms. The molecule has 7 nitrogen and oxygen atoms in total. The highest BCUT2D eigenvalue weighted by atomic mass is 16.2. The van der Waals surface area contributed by atoms with Crippen LogP contribution < -0.4 is 10.2 Å². The molecule has 0 spiro atoms. The van der Waals surface area contributed by atoms with Crippen LogP contribution in [0.3, 0.4) is 0 Å². The second-order valence-electron chi connectivity index (χ2n) is 5.34. The molecule has 1 saturated heterocycles. The number of amides is 2. The highest BCUT2D eigenvalue weighted by molar-refractivity contribution is 5.74. The van der Waals surface area contributed by atoms with Gasteiger partial charge in [-0.2, -0.15) is 5.10 Å². The highest BCUT2D eigenvalue weighted by Crippen LogP contribution is 2.12. The Balaban J connectivity index is 1.47. The first-order valence-electron chi connectivity index (χ1n) is 7.38. The van der Waals surface area contributed by atoms with Crippen molar-refractivity contribution in [3.63, 3.8) is 0 Å². The van der Waals surface area contributed by atoms with Gasteiger partial charge in [-0.1, -0.05) is 6.07 Å². The van der Waals surface area contributed by atoms with Crippen LogP contribution in [0.15, 0.2) is 36.8 Å². The molecule has 2 aromatic rings. The molecule has 0 atom stereocenters. The molecular formula is C15H20N6O. The van der Waals surface area contributed by atoms with E-state index < -0.39 is 0 Å². The quantitative estimate of drug-likeness (QED) is 0.912. The number of nitrogens with one attached hydrogen (secondary N) is 1. The van der Waals surface area contributed by atoms with Crippen LogP contribution in [0.5, 0.6) is 0 Å². The molecule has 3 rings (SSSR count). The first-order chi connectivity index (χ1) is 10.7. The number of anilines is 1. The van der Waals surface area contributed by atoms with E-state index in [0.717, 1.165) is 24.5 Å². The van der Waals surface area contributed by atoms with Crippen LogP contribution in [-0.2, 0) is 13.6 Å². The molecule has 116 valence electrons. The molecule has 0 aliphatic carbocycles. The van der Waals surface area contributed by atoms with Gasteiger partial charge in [0.1, 0.15) is 5.82 Å². The molecule has 3 heterocycles. The smallest absolute Gasteiger partial charge is 0.317 e. The summed E-state index contributed by atoms with van der Waals surface area (Å²) in [5, 5.41) is 7.02. The van der Waals surface area contributed by atoms with Crippen molar-refractivity contribution in [2.45, 2.75) is 6.54 Å². The zero-order valence-corrected chi connectivity index (χ0v) is 12.6. The van der Waals surface area contributed by atoms with E-state index in [1.807, 2.05) is 36.3 Å². The van der Waals surface area contributed by atoms with E-state index in [9.17, 15) is 4.79 Å². The third-order valence-electron chi connectivity index (χ3n) is 3.74. The van der Waals surface area contributed by atoms with Crippen molar-refractivity contribution in [3.05, 3.63) is 42.4 Å². The molecule has 7 heteroatoms. The third kappa shape index (κ3) is 3.36. The number of aromatic nitrogens is 3. The number of pyridine rings is 1. The van der Waals surface area contributed by atoms with Crippen molar-refractivity contribution < 1.29 is 4.79 Å². The van der Waals surface area contributed by atoms with Crippen LogP contribution >= 0.6 is 0 Å². The number of piperazine rings is 1. The lowest BCUT2D eigenvalue weighted by Crippen LogP contribution is -2.51. The maximum Gasteiger partial charge on any atom is 0.317 e. The summed E-state index contributed by atoms with van der Waals surface area (Å²) in [6.07, 6.45) is 5.46. The van der Waals surface area contributed by atoms with Gasteiger partial charge in [0, 0.05) is 57.7 Å². The Morgan fingerprint density at radius 3 is 2.73 bits per heavy atom. The van der Waals surface area contributed by atoms with Crippen LogP contribution in [0, 0.1) is 0 Å². The van der Waals surface area contributed by atoms with E-state index in [4.69, 9.17) is 0 Å². The normalized spacial score (nSPS) is 15.0. The second-order valence-corrected chi connectivity index (χ2v) is 5.34. The van der Waals surface area contributed by atoms with Gasteiger partial charge in [-0.05, 0) is 12.1 Å². The summed E-state index contributed by atoms with van der Waals surface area (Å²) in [7, 11) is 1.86. The highest BCUT2D eigenvalue weighted by Gasteiger charge is 2.21. The zero-order valence-electron chi connectivity index (χ0n) is 12.6. The molecule has 1 N–H and O–H groups in total. The van der Waals surface area contributed by atoms with Crippen molar-refractivity contribution in [1.29, 1.82) is 0 Å². The van der Waals surface area contributed by atoms with Gasteiger partial charge in [0.25, 0.3) is 0 Å². The largest absolute Gasteiger partial charge is 0.353 e. The van der Waals surface area contributed by atoms with Gasteiger partial charge in [0.2, 0.25) is 0 Å². The van der Waals surface area contributed by atoms with Crippen molar-refractivity contribution in [2.24, 2.45) is 7.05 Å². The number of aryl methyl sites for hydroxylation is 1. The molecule has 1 fully saturated rings. The average Bonchev–Trinajstić information content (AvgIpc) is 2.99. The Kier molecular flexibility index (Phi) is 4.22. The SMILES string of the molecule is Cn1cc(CNC(=O)N2CCN(c3ccccn3)CC2)cn1. The number of urea groups is 1. The summed E-state index contributed by atoms with van der Waals surface area (Å²) in [6.45, 7) is 3.52. The van der Waals surface area contributed by atoms with Crippen molar-refractivity contribution in [2.75, 3.05) is 31.1 Å². The predicted octanol–water partition coefficient (Wildman–Crippen LogP) is 0.847. The lowest BCUT2D eigenvalue weighted by atomic mass is 10.3. The van der Waals surface area contributed by atoms with Gasteiger partial charge in [-0.3, -0.25) is 4.68 Å². The molecule has 0 radical (unpaired) electrons. The van der Waals surface area contributed by atoms with Gasteiger partial charge in [-0.15, -0.1) is 0 Å². The fraction of sp³-hybridized carbons (Fsp3) is 0.400. The number of carbonyl (C=O) groups is 1. The van der Waals surface area contributed by atoms with Gasteiger partial charge in [0.15, 0.2) is 0 Å². The summed E-state index contributed by atoms with van der Waals surface area (Å²) in [6, 6.07) is 5.86. The van der Waals surface area contributed by atoms with E-state index in [2.05, 4.69) is 20.3 Å². The minimum atomic E-state index is -0.0236. The Bertz CT molecular complexity index is 618. The van der Waals surface area contributed by atoms with E-state index in [1.54, 1.807) is 17.1 Å². The molecule has 2 aromatic heterocycles. The first-order valence-corrected chi connectivity index (χ1v) is 7.38. The molecule has 0 aromatic carbocycles. The Morgan fingerprint density at radius 2 is 2.09 bits per heavy atom. The van der Waals surface area contributed by atoms with Crippen LogP contribution in [0.4, 0.5) is 10.6 Å². The van der Waals surface area contributed by atoms with E-state index in [1.165, 1.54) is 0 Å². The molecule has 2 amide bonds. The van der Waals surface area contributed by atoms with Crippen molar-refractivity contribution >= 4 is 11.8 Å². The summed E-state index contributed by atoms with van der Waals surface area (Å²) < 4.78 is 1.73. The van der Waals surface area contributed by atoms with Gasteiger partial charge in [-0.25, -0.2) is 9.78 Å². The lowest BCUT2D eigenvalue weighted by molar-refractivity contribution is 0.194. The maximum absolute atomic E-state index is 12.2. The predicted molar refractivity (Wildman–Crippen MR) is 83.5 cm³/mol. The minimum Gasteiger partial charge on any atom is -0.353 e. The number of hydrogen-bond donors (Lipinski definition) is 1. The number of hydrogen-bond acceptors (Lipinski definition) is 4. The summed E-state index contributed by atoms with van der Waals surface area (Å²) >= 11 is 0. The number of rotatable bonds is 3. The van der Waals surface area contributed by atoms with Crippen molar-refractivity contribution in [1.82, 2.24) is 25.0 Å². The number of carbonyl (C=O) groups excluding carboxylic acids is 1.